The fraction of sp³-hybridized carbons (Fsp3) is 0.414. The maximum atomic E-state index is 14.7. The van der Waals surface area contributed by atoms with Gasteiger partial charge in [0.25, 0.3) is 0 Å². The lowest BCUT2D eigenvalue weighted by molar-refractivity contribution is -0.192. The first-order valence-corrected chi connectivity index (χ1v) is 13.8. The van der Waals surface area contributed by atoms with Crippen LogP contribution in [-0.4, -0.2) is 56.5 Å². The zero-order valence-electron chi connectivity index (χ0n) is 22.9. The van der Waals surface area contributed by atoms with E-state index in [4.69, 9.17) is 27.2 Å². The smallest absolute Gasteiger partial charge is 0.475 e. The number of hydrogen-bond donors (Lipinski definition) is 2. The number of rotatable bonds is 4. The zero-order valence-corrected chi connectivity index (χ0v) is 23.7. The summed E-state index contributed by atoms with van der Waals surface area (Å²) in [6.07, 6.45) is -0.964. The van der Waals surface area contributed by atoms with Crippen molar-refractivity contribution in [3.8, 4) is 5.69 Å². The average Bonchev–Trinajstić information content (AvgIpc) is 3.54. The summed E-state index contributed by atoms with van der Waals surface area (Å²) in [6.45, 7) is 3.01. The third-order valence-corrected chi connectivity index (χ3v) is 8.23. The normalized spacial score (nSPS) is 22.7. The molecule has 14 heteroatoms. The maximum absolute atomic E-state index is 14.7. The molecule has 0 radical (unpaired) electrons. The molecule has 1 aromatic heterocycles. The summed E-state index contributed by atoms with van der Waals surface area (Å²) < 4.78 is 75.3. The molecule has 0 unspecified atom stereocenters. The largest absolute Gasteiger partial charge is 0.490 e. The second-order valence-corrected chi connectivity index (χ2v) is 11.3. The van der Waals surface area contributed by atoms with Crippen LogP contribution in [0.15, 0.2) is 48.7 Å². The number of aliphatic carboxylic acids is 1. The number of nitrogens with two attached hydrogens (primary N) is 1. The molecule has 1 aliphatic heterocycles. The Morgan fingerprint density at radius 3 is 2.28 bits per heavy atom. The van der Waals surface area contributed by atoms with Gasteiger partial charge in [0.05, 0.1) is 10.7 Å². The molecule has 232 valence electrons. The van der Waals surface area contributed by atoms with Gasteiger partial charge in [0.15, 0.2) is 0 Å². The number of aromatic nitrogens is 2. The summed E-state index contributed by atoms with van der Waals surface area (Å²) in [5.74, 6) is -4.97. The second-order valence-electron chi connectivity index (χ2n) is 10.9. The number of piperidine rings is 1. The molecule has 0 spiro atoms. The molecule has 7 nitrogen and oxygen atoms in total. The number of carboxylic acids is 1. The lowest BCUT2D eigenvalue weighted by Gasteiger charge is -2.39. The van der Waals surface area contributed by atoms with Gasteiger partial charge < -0.3 is 15.7 Å². The molecule has 1 saturated carbocycles. The van der Waals surface area contributed by atoms with Crippen LogP contribution < -0.4 is 5.73 Å². The Morgan fingerprint density at radius 2 is 1.70 bits per heavy atom. The standard InChI is InChI=1S/C27H28ClF3N4O.C2HF3O2/c1-16-12-21(20-4-2-18(29)13-24(20)31)27(32,15-16)26(36)34-10-7-17(8-11-34)25-6-9-33-35(25)19-3-5-23(30)22(28)14-19;3-2(4,5)1(6)7/h2-6,9,13-14,16-17,21H,7-8,10-12,15,32H2,1H3;(H,6,7)/t16-,21+,27+;/m0./s1. The molecule has 5 rings (SSSR count). The number of carboxylic acid groups (broad SMARTS) is 1. The van der Waals surface area contributed by atoms with Crippen molar-refractivity contribution in [3.63, 3.8) is 0 Å². The van der Waals surface area contributed by atoms with E-state index >= 15 is 0 Å². The zero-order chi connectivity index (χ0) is 31.7. The van der Waals surface area contributed by atoms with Crippen molar-refractivity contribution in [2.45, 2.75) is 56.2 Å². The first-order valence-electron chi connectivity index (χ1n) is 13.4. The van der Waals surface area contributed by atoms with Crippen LogP contribution >= 0.6 is 11.6 Å². The first kappa shape index (κ1) is 32.3. The van der Waals surface area contributed by atoms with Crippen molar-refractivity contribution in [2.75, 3.05) is 13.1 Å². The lowest BCUT2D eigenvalue weighted by atomic mass is 9.80. The van der Waals surface area contributed by atoms with E-state index in [0.29, 0.717) is 50.0 Å². The van der Waals surface area contributed by atoms with E-state index in [0.717, 1.165) is 11.8 Å². The number of alkyl halides is 3. The van der Waals surface area contributed by atoms with E-state index in [2.05, 4.69) is 5.10 Å². The molecular weight excluding hydrogens is 602 g/mol. The molecular formula is C29H29ClF6N4O3. The van der Waals surface area contributed by atoms with Crippen LogP contribution in [0.5, 0.6) is 0 Å². The highest BCUT2D eigenvalue weighted by atomic mass is 35.5. The minimum Gasteiger partial charge on any atom is -0.475 e. The van der Waals surface area contributed by atoms with Gasteiger partial charge in [0, 0.05) is 42.9 Å². The minimum atomic E-state index is -5.08. The van der Waals surface area contributed by atoms with Gasteiger partial charge in [-0.1, -0.05) is 24.6 Å². The number of likely N-dealkylation sites (tertiary alicyclic amines) is 1. The van der Waals surface area contributed by atoms with Crippen LogP contribution in [0, 0.1) is 23.4 Å². The Hall–Kier alpha value is -3.58. The van der Waals surface area contributed by atoms with Gasteiger partial charge in [-0.15, -0.1) is 0 Å². The molecule has 43 heavy (non-hydrogen) atoms. The Bertz CT molecular complexity index is 1490. The number of benzene rings is 2. The fourth-order valence-electron chi connectivity index (χ4n) is 5.97. The van der Waals surface area contributed by atoms with Crippen molar-refractivity contribution in [3.05, 3.63) is 82.4 Å². The van der Waals surface area contributed by atoms with Crippen molar-refractivity contribution < 1.29 is 41.0 Å². The van der Waals surface area contributed by atoms with E-state index < -0.39 is 41.1 Å². The van der Waals surface area contributed by atoms with Crippen LogP contribution in [0.25, 0.3) is 5.69 Å². The molecule has 1 amide bonds. The van der Waals surface area contributed by atoms with Gasteiger partial charge in [0.2, 0.25) is 5.91 Å². The molecule has 0 bridgehead atoms. The van der Waals surface area contributed by atoms with Gasteiger partial charge in [-0.25, -0.2) is 22.6 Å². The number of carbonyl (C=O) groups is 2. The molecule has 2 aliphatic rings. The highest BCUT2D eigenvalue weighted by Gasteiger charge is 2.52. The summed E-state index contributed by atoms with van der Waals surface area (Å²) in [5.41, 5.74) is 7.45. The maximum Gasteiger partial charge on any atom is 0.490 e. The molecule has 2 fully saturated rings. The van der Waals surface area contributed by atoms with Crippen LogP contribution in [0.3, 0.4) is 0 Å². The Labute approximate surface area is 248 Å². The predicted molar refractivity (Wildman–Crippen MR) is 145 cm³/mol. The Morgan fingerprint density at radius 1 is 1.05 bits per heavy atom. The molecule has 1 saturated heterocycles. The fourth-order valence-corrected chi connectivity index (χ4v) is 6.14. The molecule has 3 aromatic rings. The highest BCUT2D eigenvalue weighted by Crippen LogP contribution is 2.46. The van der Waals surface area contributed by atoms with E-state index in [1.807, 2.05) is 13.0 Å². The molecule has 3 atom stereocenters. The molecule has 2 aromatic carbocycles. The topological polar surface area (TPSA) is 101 Å². The quantitative estimate of drug-likeness (QED) is 0.335. The van der Waals surface area contributed by atoms with Crippen LogP contribution in [0.1, 0.15) is 55.7 Å². The number of hydrogen-bond acceptors (Lipinski definition) is 4. The minimum absolute atomic E-state index is 0.0283. The first-order chi connectivity index (χ1) is 20.1. The Kier molecular flexibility index (Phi) is 9.45. The number of carbonyl (C=O) groups excluding carboxylic acids is 1. The molecule has 2 heterocycles. The van der Waals surface area contributed by atoms with Crippen LogP contribution in [0.2, 0.25) is 5.02 Å². The van der Waals surface area contributed by atoms with Crippen molar-refractivity contribution in [1.29, 1.82) is 0 Å². The van der Waals surface area contributed by atoms with Crippen molar-refractivity contribution in [2.24, 2.45) is 11.7 Å². The molecule has 1 aliphatic carbocycles. The van der Waals surface area contributed by atoms with Gasteiger partial charge >= 0.3 is 12.1 Å². The highest BCUT2D eigenvalue weighted by molar-refractivity contribution is 6.30. The van der Waals surface area contributed by atoms with Crippen molar-refractivity contribution >= 4 is 23.5 Å². The molecule has 3 N–H and O–H groups in total. The third-order valence-electron chi connectivity index (χ3n) is 7.94. The summed E-state index contributed by atoms with van der Waals surface area (Å²) >= 11 is 5.97. The number of amides is 1. The summed E-state index contributed by atoms with van der Waals surface area (Å²) in [6, 6.07) is 9.90. The second kappa shape index (κ2) is 12.6. The summed E-state index contributed by atoms with van der Waals surface area (Å²) in [5, 5.41) is 11.6. The van der Waals surface area contributed by atoms with Crippen molar-refractivity contribution in [1.82, 2.24) is 14.7 Å². The van der Waals surface area contributed by atoms with E-state index in [9.17, 15) is 31.1 Å². The SMILES string of the molecule is C[C@H]1C[C@H](c2ccc(F)cc2F)[C@@](N)(C(=O)N2CCC(c3ccnn3-c3ccc(F)c(Cl)c3)CC2)C1.O=C(O)C(F)(F)F. The monoisotopic (exact) mass is 630 g/mol. The summed E-state index contributed by atoms with van der Waals surface area (Å²) in [7, 11) is 0. The van der Waals surface area contributed by atoms with Gasteiger partial charge in [0.1, 0.15) is 23.0 Å². The van der Waals surface area contributed by atoms with Gasteiger partial charge in [-0.05, 0) is 67.5 Å². The Balaban J connectivity index is 0.000000541. The van der Waals surface area contributed by atoms with Gasteiger partial charge in [-0.3, -0.25) is 4.79 Å². The van der Waals surface area contributed by atoms with E-state index in [-0.39, 0.29) is 22.8 Å². The third kappa shape index (κ3) is 6.98. The van der Waals surface area contributed by atoms with Gasteiger partial charge in [-0.2, -0.15) is 18.3 Å². The van der Waals surface area contributed by atoms with Crippen LogP contribution in [-0.2, 0) is 9.59 Å². The van der Waals surface area contributed by atoms with E-state index in [1.165, 1.54) is 18.2 Å². The number of nitrogens with zero attached hydrogens (tertiary/aromatic N) is 3. The van der Waals surface area contributed by atoms with E-state index in [1.54, 1.807) is 27.9 Å². The summed E-state index contributed by atoms with van der Waals surface area (Å²) in [4.78, 5) is 24.4. The average molecular weight is 631 g/mol. The lowest BCUT2D eigenvalue weighted by Crippen LogP contribution is -2.58. The number of halogens is 7. The van der Waals surface area contributed by atoms with Crippen LogP contribution in [0.4, 0.5) is 26.3 Å². The predicted octanol–water partition coefficient (Wildman–Crippen LogP) is 6.19.